The van der Waals surface area contributed by atoms with E-state index in [0.717, 1.165) is 13.1 Å². The van der Waals surface area contributed by atoms with Crippen LogP contribution in [0.2, 0.25) is 0 Å². The van der Waals surface area contributed by atoms with Gasteiger partial charge in [-0.3, -0.25) is 0 Å². The van der Waals surface area contributed by atoms with E-state index in [1.54, 1.807) is 6.07 Å². The van der Waals surface area contributed by atoms with Gasteiger partial charge in [0.15, 0.2) is 11.5 Å². The average Bonchev–Trinajstić information content (AvgIpc) is 2.41. The van der Waals surface area contributed by atoms with Crippen LogP contribution in [-0.4, -0.2) is 46.4 Å². The van der Waals surface area contributed by atoms with Crippen molar-refractivity contribution in [1.82, 2.24) is 10.2 Å². The highest BCUT2D eigenvalue weighted by molar-refractivity contribution is 5.52. The Morgan fingerprint density at radius 3 is 2.74 bits per heavy atom. The molecule has 0 bridgehead atoms. The molecule has 1 saturated heterocycles. The summed E-state index contributed by atoms with van der Waals surface area (Å²) in [6.45, 7) is 2.47. The van der Waals surface area contributed by atoms with Crippen LogP contribution >= 0.6 is 0 Å². The van der Waals surface area contributed by atoms with E-state index in [-0.39, 0.29) is 11.5 Å². The van der Waals surface area contributed by atoms with Crippen LogP contribution in [0.15, 0.2) is 12.1 Å². The summed E-state index contributed by atoms with van der Waals surface area (Å²) in [5.74, 6) is -0.994. The Morgan fingerprint density at radius 2 is 2.00 bits per heavy atom. The van der Waals surface area contributed by atoms with Crippen LogP contribution in [0.3, 0.4) is 0 Å². The molecule has 1 atom stereocenters. The fourth-order valence-electron chi connectivity index (χ4n) is 2.53. The molecule has 1 aliphatic rings. The highest BCUT2D eigenvalue weighted by Gasteiger charge is 2.18. The Bertz CT molecular complexity index is 437. The molecule has 0 amide bonds. The fourth-order valence-corrected chi connectivity index (χ4v) is 2.53. The van der Waals surface area contributed by atoms with Crippen LogP contribution in [0.4, 0.5) is 0 Å². The topological polar surface area (TPSA) is 76.0 Å². The molecule has 1 unspecified atom stereocenters. The Balaban J connectivity index is 1.87. The molecule has 0 aromatic heterocycles. The van der Waals surface area contributed by atoms with Gasteiger partial charge in [0, 0.05) is 24.7 Å². The van der Waals surface area contributed by atoms with Gasteiger partial charge < -0.3 is 25.5 Å². The number of hydrogen-bond acceptors (Lipinski definition) is 5. The van der Waals surface area contributed by atoms with E-state index in [1.807, 2.05) is 0 Å². The molecule has 1 aliphatic heterocycles. The second kappa shape index (κ2) is 6.12. The summed E-state index contributed by atoms with van der Waals surface area (Å²) in [6.07, 6.45) is 3.72. The smallest absolute Gasteiger partial charge is 0.200 e. The Hall–Kier alpha value is -1.46. The molecular weight excluding hydrogens is 244 g/mol. The first-order valence-electron chi connectivity index (χ1n) is 6.73. The van der Waals surface area contributed by atoms with Gasteiger partial charge in [-0.2, -0.15) is 0 Å². The molecular formula is C14H22N2O3. The molecule has 2 rings (SSSR count). The summed E-state index contributed by atoms with van der Waals surface area (Å²) in [4.78, 5) is 2.35. The molecule has 4 N–H and O–H groups in total. The highest BCUT2D eigenvalue weighted by Crippen LogP contribution is 2.36. The maximum absolute atomic E-state index is 9.71. The van der Waals surface area contributed by atoms with Crippen molar-refractivity contribution in [3.05, 3.63) is 17.7 Å². The van der Waals surface area contributed by atoms with Crippen molar-refractivity contribution in [1.29, 1.82) is 0 Å². The molecule has 0 radical (unpaired) electrons. The lowest BCUT2D eigenvalue weighted by molar-refractivity contribution is 0.181. The van der Waals surface area contributed by atoms with Crippen LogP contribution < -0.4 is 5.32 Å². The van der Waals surface area contributed by atoms with Crippen molar-refractivity contribution in [3.8, 4) is 17.2 Å². The van der Waals surface area contributed by atoms with Crippen molar-refractivity contribution >= 4 is 0 Å². The summed E-state index contributed by atoms with van der Waals surface area (Å²) < 4.78 is 0. The number of likely N-dealkylation sites (N-methyl/N-ethyl adjacent to an activating group) is 1. The molecule has 1 aromatic rings. The number of nitrogens with zero attached hydrogens (tertiary/aromatic N) is 1. The molecule has 1 heterocycles. The number of phenols is 3. The van der Waals surface area contributed by atoms with Gasteiger partial charge in [0.25, 0.3) is 0 Å². The standard InChI is InChI=1S/C14H22N2O3/c1-16-7-3-2-4-11(16)9-15-8-10-5-6-12(17)14(19)13(10)18/h5-6,11,15,17-19H,2-4,7-9H2,1H3. The summed E-state index contributed by atoms with van der Waals surface area (Å²) in [5.41, 5.74) is 0.591. The van der Waals surface area contributed by atoms with Gasteiger partial charge in [0.2, 0.25) is 5.75 Å². The zero-order valence-corrected chi connectivity index (χ0v) is 11.3. The Kier molecular flexibility index (Phi) is 4.50. The quantitative estimate of drug-likeness (QED) is 0.619. The molecule has 19 heavy (non-hydrogen) atoms. The minimum absolute atomic E-state index is 0.246. The van der Waals surface area contributed by atoms with Gasteiger partial charge in [-0.25, -0.2) is 0 Å². The summed E-state index contributed by atoms with van der Waals surface area (Å²) in [7, 11) is 2.13. The number of hydrogen-bond donors (Lipinski definition) is 4. The second-order valence-electron chi connectivity index (χ2n) is 5.20. The largest absolute Gasteiger partial charge is 0.504 e. The molecule has 0 aliphatic carbocycles. The summed E-state index contributed by atoms with van der Waals surface area (Å²) in [5, 5.41) is 31.7. The second-order valence-corrected chi connectivity index (χ2v) is 5.20. The van der Waals surface area contributed by atoms with E-state index < -0.39 is 5.75 Å². The number of aromatic hydroxyl groups is 3. The van der Waals surface area contributed by atoms with Crippen LogP contribution in [0, 0.1) is 0 Å². The number of rotatable bonds is 4. The fraction of sp³-hybridized carbons (Fsp3) is 0.571. The molecule has 1 aromatic carbocycles. The van der Waals surface area contributed by atoms with Crippen molar-refractivity contribution in [2.45, 2.75) is 31.8 Å². The van der Waals surface area contributed by atoms with Crippen LogP contribution in [0.5, 0.6) is 17.2 Å². The first-order valence-corrected chi connectivity index (χ1v) is 6.73. The monoisotopic (exact) mass is 266 g/mol. The minimum atomic E-state index is -0.450. The van der Waals surface area contributed by atoms with Gasteiger partial charge in [-0.15, -0.1) is 0 Å². The van der Waals surface area contributed by atoms with E-state index in [2.05, 4.69) is 17.3 Å². The normalized spacial score (nSPS) is 20.6. The zero-order chi connectivity index (χ0) is 13.8. The van der Waals surface area contributed by atoms with Gasteiger partial charge in [-0.1, -0.05) is 12.5 Å². The van der Waals surface area contributed by atoms with Gasteiger partial charge >= 0.3 is 0 Å². The molecule has 1 fully saturated rings. The van der Waals surface area contributed by atoms with Crippen LogP contribution in [0.25, 0.3) is 0 Å². The van der Waals surface area contributed by atoms with Gasteiger partial charge in [-0.05, 0) is 32.5 Å². The number of phenolic OH excluding ortho intramolecular Hbond substituents is 3. The summed E-state index contributed by atoms with van der Waals surface area (Å²) in [6, 6.07) is 3.53. The molecule has 0 spiro atoms. The average molecular weight is 266 g/mol. The van der Waals surface area contributed by atoms with Crippen molar-refractivity contribution in [3.63, 3.8) is 0 Å². The molecule has 5 nitrogen and oxygen atoms in total. The van der Waals surface area contributed by atoms with Crippen molar-refractivity contribution in [2.24, 2.45) is 0 Å². The van der Waals surface area contributed by atoms with Crippen molar-refractivity contribution in [2.75, 3.05) is 20.1 Å². The SMILES string of the molecule is CN1CCCCC1CNCc1ccc(O)c(O)c1O. The Morgan fingerprint density at radius 1 is 1.21 bits per heavy atom. The summed E-state index contributed by atoms with van der Waals surface area (Å²) >= 11 is 0. The third kappa shape index (κ3) is 3.30. The number of likely N-dealkylation sites (tertiary alicyclic amines) is 1. The maximum atomic E-state index is 9.71. The Labute approximate surface area is 113 Å². The predicted octanol–water partition coefficient (Wildman–Crippen LogP) is 1.38. The van der Waals surface area contributed by atoms with Gasteiger partial charge in [0.1, 0.15) is 0 Å². The van der Waals surface area contributed by atoms with Crippen LogP contribution in [-0.2, 0) is 6.54 Å². The number of benzene rings is 1. The van der Waals surface area contributed by atoms with Gasteiger partial charge in [0.05, 0.1) is 0 Å². The molecule has 0 saturated carbocycles. The van der Waals surface area contributed by atoms with Crippen molar-refractivity contribution < 1.29 is 15.3 Å². The predicted molar refractivity (Wildman–Crippen MR) is 73.4 cm³/mol. The van der Waals surface area contributed by atoms with Crippen LogP contribution in [0.1, 0.15) is 24.8 Å². The zero-order valence-electron chi connectivity index (χ0n) is 11.3. The number of nitrogens with one attached hydrogen (secondary N) is 1. The highest BCUT2D eigenvalue weighted by atomic mass is 16.3. The third-order valence-electron chi connectivity index (χ3n) is 3.83. The number of piperidine rings is 1. The van der Waals surface area contributed by atoms with E-state index >= 15 is 0 Å². The maximum Gasteiger partial charge on any atom is 0.200 e. The molecule has 5 heteroatoms. The van der Waals surface area contributed by atoms with E-state index in [1.165, 1.54) is 25.3 Å². The lowest BCUT2D eigenvalue weighted by Gasteiger charge is -2.32. The third-order valence-corrected chi connectivity index (χ3v) is 3.83. The first-order chi connectivity index (χ1) is 9.09. The minimum Gasteiger partial charge on any atom is -0.504 e. The molecule has 106 valence electrons. The van der Waals surface area contributed by atoms with E-state index in [4.69, 9.17) is 0 Å². The van der Waals surface area contributed by atoms with E-state index in [9.17, 15) is 15.3 Å². The lowest BCUT2D eigenvalue weighted by atomic mass is 10.0. The first kappa shape index (κ1) is 14.0. The van der Waals surface area contributed by atoms with E-state index in [0.29, 0.717) is 18.2 Å². The lowest BCUT2D eigenvalue weighted by Crippen LogP contribution is -2.42.